The van der Waals surface area contributed by atoms with Crippen LogP contribution in [0, 0.1) is 11.8 Å². The van der Waals surface area contributed by atoms with Gasteiger partial charge in [-0.25, -0.2) is 0 Å². The molecule has 1 aliphatic carbocycles. The first kappa shape index (κ1) is 14.5. The molecule has 0 radical (unpaired) electrons. The Morgan fingerprint density at radius 3 is 3.15 bits per heavy atom. The van der Waals surface area contributed by atoms with Crippen LogP contribution < -0.4 is 5.32 Å². The van der Waals surface area contributed by atoms with Crippen LogP contribution in [0.15, 0.2) is 18.5 Å². The van der Waals surface area contributed by atoms with Crippen LogP contribution in [-0.4, -0.2) is 41.9 Å². The molecule has 106 valence electrons. The van der Waals surface area contributed by atoms with Gasteiger partial charge in [-0.2, -0.15) is 0 Å². The van der Waals surface area contributed by atoms with Crippen molar-refractivity contribution in [3.8, 4) is 11.8 Å². The predicted molar refractivity (Wildman–Crippen MR) is 74.1 cm³/mol. The van der Waals surface area contributed by atoms with Gasteiger partial charge in [0, 0.05) is 25.1 Å². The van der Waals surface area contributed by atoms with E-state index in [9.17, 15) is 4.79 Å². The minimum Gasteiger partial charge on any atom is -0.384 e. The molecule has 1 fully saturated rings. The van der Waals surface area contributed by atoms with Crippen LogP contribution in [0.25, 0.3) is 0 Å². The number of pyridine rings is 1. The van der Waals surface area contributed by atoms with Crippen molar-refractivity contribution in [1.82, 2.24) is 10.3 Å². The van der Waals surface area contributed by atoms with E-state index in [4.69, 9.17) is 9.84 Å². The molecule has 2 atom stereocenters. The van der Waals surface area contributed by atoms with Gasteiger partial charge in [-0.3, -0.25) is 9.78 Å². The number of methoxy groups -OCH3 is 1. The van der Waals surface area contributed by atoms with Crippen molar-refractivity contribution < 1.29 is 14.6 Å². The number of aromatic nitrogens is 1. The first-order valence-corrected chi connectivity index (χ1v) is 6.63. The number of hydrogen-bond donors (Lipinski definition) is 2. The van der Waals surface area contributed by atoms with Crippen molar-refractivity contribution >= 4 is 5.91 Å². The molecule has 1 saturated carbocycles. The van der Waals surface area contributed by atoms with E-state index in [1.54, 1.807) is 19.4 Å². The fourth-order valence-electron chi connectivity index (χ4n) is 2.40. The lowest BCUT2D eigenvalue weighted by Crippen LogP contribution is -2.40. The molecule has 2 rings (SSSR count). The van der Waals surface area contributed by atoms with E-state index in [0.717, 1.165) is 19.3 Å². The third-order valence-corrected chi connectivity index (χ3v) is 3.38. The molecule has 5 nitrogen and oxygen atoms in total. The molecule has 1 amide bonds. The Hall–Kier alpha value is -1.90. The van der Waals surface area contributed by atoms with E-state index in [1.807, 2.05) is 0 Å². The SMILES string of the molecule is COC1CCCC1NC(=O)c1cncc(C#CCO)c1. The summed E-state index contributed by atoms with van der Waals surface area (Å²) in [6.07, 6.45) is 6.13. The smallest absolute Gasteiger partial charge is 0.253 e. The molecule has 1 heterocycles. The van der Waals surface area contributed by atoms with E-state index in [2.05, 4.69) is 22.1 Å². The van der Waals surface area contributed by atoms with E-state index in [0.29, 0.717) is 11.1 Å². The fourth-order valence-corrected chi connectivity index (χ4v) is 2.40. The lowest BCUT2D eigenvalue weighted by atomic mass is 10.1. The maximum Gasteiger partial charge on any atom is 0.253 e. The third-order valence-electron chi connectivity index (χ3n) is 3.38. The van der Waals surface area contributed by atoms with Crippen LogP contribution in [0.3, 0.4) is 0 Å². The van der Waals surface area contributed by atoms with Crippen molar-refractivity contribution in [2.24, 2.45) is 0 Å². The topological polar surface area (TPSA) is 71.5 Å². The number of ether oxygens (including phenoxy) is 1. The van der Waals surface area contributed by atoms with Crippen molar-refractivity contribution in [1.29, 1.82) is 0 Å². The zero-order chi connectivity index (χ0) is 14.4. The van der Waals surface area contributed by atoms with Crippen molar-refractivity contribution in [3.63, 3.8) is 0 Å². The number of rotatable bonds is 3. The summed E-state index contributed by atoms with van der Waals surface area (Å²) in [7, 11) is 1.67. The molecule has 1 aromatic rings. The molecule has 0 bridgehead atoms. The summed E-state index contributed by atoms with van der Waals surface area (Å²) in [5.74, 6) is 5.10. The van der Waals surface area contributed by atoms with E-state index >= 15 is 0 Å². The molecule has 2 unspecified atom stereocenters. The summed E-state index contributed by atoms with van der Waals surface area (Å²) < 4.78 is 5.36. The van der Waals surface area contributed by atoms with Gasteiger partial charge < -0.3 is 15.2 Å². The molecule has 1 aromatic heterocycles. The van der Waals surface area contributed by atoms with Crippen LogP contribution >= 0.6 is 0 Å². The lowest BCUT2D eigenvalue weighted by Gasteiger charge is -2.19. The molecular weight excluding hydrogens is 256 g/mol. The molecule has 5 heteroatoms. The average molecular weight is 274 g/mol. The Morgan fingerprint density at radius 1 is 1.55 bits per heavy atom. The maximum absolute atomic E-state index is 12.2. The van der Waals surface area contributed by atoms with Gasteiger partial charge in [0.1, 0.15) is 6.61 Å². The molecule has 0 spiro atoms. The predicted octanol–water partition coefficient (Wildman–Crippen LogP) is 0.723. The van der Waals surface area contributed by atoms with Gasteiger partial charge in [0.05, 0.1) is 17.7 Å². The van der Waals surface area contributed by atoms with E-state index in [-0.39, 0.29) is 24.7 Å². The monoisotopic (exact) mass is 274 g/mol. The van der Waals surface area contributed by atoms with Gasteiger partial charge in [0.25, 0.3) is 5.91 Å². The van der Waals surface area contributed by atoms with Gasteiger partial charge in [0.15, 0.2) is 0 Å². The zero-order valence-electron chi connectivity index (χ0n) is 11.4. The third kappa shape index (κ3) is 3.56. The van der Waals surface area contributed by atoms with Gasteiger partial charge in [-0.1, -0.05) is 11.8 Å². The van der Waals surface area contributed by atoms with Gasteiger partial charge in [-0.15, -0.1) is 0 Å². The zero-order valence-corrected chi connectivity index (χ0v) is 11.4. The Balaban J connectivity index is 2.05. The van der Waals surface area contributed by atoms with E-state index < -0.39 is 0 Å². The number of amides is 1. The molecule has 0 saturated heterocycles. The van der Waals surface area contributed by atoms with Crippen LogP contribution in [0.4, 0.5) is 0 Å². The Labute approximate surface area is 118 Å². The molecular formula is C15H18N2O3. The van der Waals surface area contributed by atoms with E-state index in [1.165, 1.54) is 6.20 Å². The maximum atomic E-state index is 12.2. The Kier molecular flexibility index (Phi) is 5.10. The van der Waals surface area contributed by atoms with Gasteiger partial charge in [0.2, 0.25) is 0 Å². The number of aliphatic hydroxyl groups excluding tert-OH is 1. The quantitative estimate of drug-likeness (QED) is 0.797. The molecule has 20 heavy (non-hydrogen) atoms. The summed E-state index contributed by atoms with van der Waals surface area (Å²) >= 11 is 0. The largest absolute Gasteiger partial charge is 0.384 e. The second kappa shape index (κ2) is 7.04. The number of nitrogens with one attached hydrogen (secondary N) is 1. The van der Waals surface area contributed by atoms with Crippen LogP contribution in [0.2, 0.25) is 0 Å². The van der Waals surface area contributed by atoms with Crippen molar-refractivity contribution in [2.75, 3.05) is 13.7 Å². The molecule has 0 aliphatic heterocycles. The highest BCUT2D eigenvalue weighted by Crippen LogP contribution is 2.21. The highest BCUT2D eigenvalue weighted by Gasteiger charge is 2.28. The van der Waals surface area contributed by atoms with Crippen molar-refractivity contribution in [3.05, 3.63) is 29.6 Å². The summed E-state index contributed by atoms with van der Waals surface area (Å²) in [5.41, 5.74) is 1.08. The normalized spacial score (nSPS) is 21.1. The highest BCUT2D eigenvalue weighted by atomic mass is 16.5. The summed E-state index contributed by atoms with van der Waals surface area (Å²) in [6.45, 7) is -0.214. The Morgan fingerprint density at radius 2 is 2.40 bits per heavy atom. The molecule has 0 aromatic carbocycles. The highest BCUT2D eigenvalue weighted by molar-refractivity contribution is 5.94. The van der Waals surface area contributed by atoms with Crippen LogP contribution in [0.5, 0.6) is 0 Å². The fraction of sp³-hybridized carbons (Fsp3) is 0.467. The summed E-state index contributed by atoms with van der Waals surface area (Å²) in [6, 6.07) is 1.72. The van der Waals surface area contributed by atoms with Gasteiger partial charge >= 0.3 is 0 Å². The van der Waals surface area contributed by atoms with Crippen molar-refractivity contribution in [2.45, 2.75) is 31.4 Å². The van der Waals surface area contributed by atoms with Gasteiger partial charge in [-0.05, 0) is 25.3 Å². The number of carbonyl (C=O) groups is 1. The second-order valence-corrected chi connectivity index (χ2v) is 4.71. The lowest BCUT2D eigenvalue weighted by molar-refractivity contribution is 0.0722. The first-order chi connectivity index (χ1) is 9.74. The summed E-state index contributed by atoms with van der Waals surface area (Å²) in [5, 5.41) is 11.6. The Bertz CT molecular complexity index is 533. The second-order valence-electron chi connectivity index (χ2n) is 4.71. The number of hydrogen-bond acceptors (Lipinski definition) is 4. The molecule has 2 N–H and O–H groups in total. The number of carbonyl (C=O) groups excluding carboxylic acids is 1. The number of aliphatic hydroxyl groups is 1. The molecule has 1 aliphatic rings. The number of nitrogens with zero attached hydrogens (tertiary/aromatic N) is 1. The minimum absolute atomic E-state index is 0.0553. The van der Waals surface area contributed by atoms with Crippen LogP contribution in [0.1, 0.15) is 35.2 Å². The summed E-state index contributed by atoms with van der Waals surface area (Å²) in [4.78, 5) is 16.2. The standard InChI is InChI=1S/C15H18N2O3/c1-20-14-6-2-5-13(14)17-15(19)12-8-11(4-3-7-18)9-16-10-12/h8-10,13-14,18H,2,5-7H2,1H3,(H,17,19). The average Bonchev–Trinajstić information content (AvgIpc) is 2.92. The first-order valence-electron chi connectivity index (χ1n) is 6.63. The van der Waals surface area contributed by atoms with Crippen LogP contribution in [-0.2, 0) is 4.74 Å². The minimum atomic E-state index is -0.214.